The summed E-state index contributed by atoms with van der Waals surface area (Å²) in [6.07, 6.45) is 0. The number of rotatable bonds is 16. The second-order valence-corrected chi connectivity index (χ2v) is 14.8. The maximum atomic E-state index is 4.47. The zero-order valence-electron chi connectivity index (χ0n) is 11.1. The summed E-state index contributed by atoms with van der Waals surface area (Å²) in [6.45, 7) is 0. The van der Waals surface area contributed by atoms with Crippen LogP contribution in [0.2, 0.25) is 0 Å². The monoisotopic (exact) mass is 462 g/mol. The summed E-state index contributed by atoms with van der Waals surface area (Å²) < 4.78 is 0.383. The van der Waals surface area contributed by atoms with Crippen LogP contribution < -0.4 is 0 Å². The van der Waals surface area contributed by atoms with Crippen LogP contribution in [0.15, 0.2) is 0 Å². The van der Waals surface area contributed by atoms with Crippen LogP contribution in [0, 0.1) is 0 Å². The third-order valence-corrected chi connectivity index (χ3v) is 11.7. The van der Waals surface area contributed by atoms with E-state index >= 15 is 0 Å². The second-order valence-electron chi connectivity index (χ2n) is 3.09. The SMILES string of the molecule is SCSCCSCSCSCSCCSC(S)SCS. The summed E-state index contributed by atoms with van der Waals surface area (Å²) >= 11 is 26.6. The van der Waals surface area contributed by atoms with Crippen LogP contribution >= 0.6 is 120 Å². The lowest BCUT2D eigenvalue weighted by atomic mass is 11.0. The Morgan fingerprint density at radius 3 is 1.75 bits per heavy atom. The highest BCUT2D eigenvalue weighted by atomic mass is 32.3. The van der Waals surface area contributed by atoms with E-state index in [2.05, 4.69) is 37.9 Å². The normalized spacial score (nSPS) is 12.8. The minimum Gasteiger partial charge on any atom is -0.168 e. The van der Waals surface area contributed by atoms with Gasteiger partial charge in [-0.2, -0.15) is 73.2 Å². The molecule has 0 spiro atoms. The van der Waals surface area contributed by atoms with Gasteiger partial charge in [-0.25, -0.2) is 0 Å². The van der Waals surface area contributed by atoms with Crippen molar-refractivity contribution >= 4 is 120 Å². The predicted molar refractivity (Wildman–Crippen MR) is 128 cm³/mol. The first-order chi connectivity index (χ1) is 9.81. The molecule has 0 N–H and O–H groups in total. The van der Waals surface area contributed by atoms with Gasteiger partial charge in [0.2, 0.25) is 0 Å². The largest absolute Gasteiger partial charge is 0.168 e. The fraction of sp³-hybridized carbons (Fsp3) is 1.00. The van der Waals surface area contributed by atoms with Crippen LogP contribution in [0.4, 0.5) is 0 Å². The first-order valence-electron chi connectivity index (χ1n) is 5.83. The Hall–Kier alpha value is 3.50. The first kappa shape index (κ1) is 23.5. The zero-order valence-corrected chi connectivity index (χ0v) is 19.5. The van der Waals surface area contributed by atoms with Gasteiger partial charge in [0, 0.05) is 48.4 Å². The molecule has 0 fully saturated rings. The van der Waals surface area contributed by atoms with E-state index in [1.807, 2.05) is 70.6 Å². The minimum atomic E-state index is 0.383. The van der Waals surface area contributed by atoms with E-state index in [1.165, 1.54) is 38.3 Å². The van der Waals surface area contributed by atoms with Crippen LogP contribution in [-0.4, -0.2) is 52.3 Å². The van der Waals surface area contributed by atoms with Gasteiger partial charge < -0.3 is 0 Å². The standard InChI is InChI=1S/C10H22S10/c11-5-14-1-2-15-7-17-9-18-8-16-3-4-19-10(13)20-6-12/h10-13H,1-9H2. The topological polar surface area (TPSA) is 0 Å². The van der Waals surface area contributed by atoms with Gasteiger partial charge in [-0.3, -0.25) is 0 Å². The Morgan fingerprint density at radius 2 is 1.15 bits per heavy atom. The van der Waals surface area contributed by atoms with Gasteiger partial charge in [0.1, 0.15) is 0 Å². The molecule has 0 saturated carbocycles. The molecular formula is C10H22S10. The molecule has 0 aromatic carbocycles. The van der Waals surface area contributed by atoms with Gasteiger partial charge in [0.25, 0.3) is 0 Å². The summed E-state index contributed by atoms with van der Waals surface area (Å²) in [5.41, 5.74) is 0. The Balaban J connectivity index is 2.99. The minimum absolute atomic E-state index is 0.383. The van der Waals surface area contributed by atoms with Crippen molar-refractivity contribution in [1.82, 2.24) is 0 Å². The molecule has 122 valence electrons. The summed E-state index contributed by atoms with van der Waals surface area (Å²) in [5.74, 6) is 4.89. The average molecular weight is 463 g/mol. The van der Waals surface area contributed by atoms with Crippen LogP contribution in [0.5, 0.6) is 0 Å². The van der Waals surface area contributed by atoms with E-state index < -0.39 is 0 Å². The maximum absolute atomic E-state index is 4.47. The van der Waals surface area contributed by atoms with Crippen molar-refractivity contribution in [2.45, 2.75) is 3.91 Å². The molecule has 0 amide bonds. The average Bonchev–Trinajstić information content (AvgIpc) is 2.44. The molecule has 0 nitrogen and oxygen atoms in total. The Kier molecular flexibility index (Phi) is 24.1. The Morgan fingerprint density at radius 1 is 0.600 bits per heavy atom. The van der Waals surface area contributed by atoms with Gasteiger partial charge in [0.05, 0.1) is 3.91 Å². The highest BCUT2D eigenvalue weighted by molar-refractivity contribution is 8.30. The third kappa shape index (κ3) is 19.5. The van der Waals surface area contributed by atoms with E-state index in [9.17, 15) is 0 Å². The van der Waals surface area contributed by atoms with Crippen molar-refractivity contribution in [2.24, 2.45) is 0 Å². The van der Waals surface area contributed by atoms with Crippen LogP contribution in [0.1, 0.15) is 0 Å². The highest BCUT2D eigenvalue weighted by Gasteiger charge is 2.01. The Labute approximate surface area is 170 Å². The molecule has 1 atom stereocenters. The zero-order chi connectivity index (χ0) is 14.9. The van der Waals surface area contributed by atoms with Crippen molar-refractivity contribution in [3.05, 3.63) is 0 Å². The molecule has 10 heteroatoms. The van der Waals surface area contributed by atoms with Gasteiger partial charge in [-0.1, -0.05) is 0 Å². The molecule has 0 saturated heterocycles. The van der Waals surface area contributed by atoms with E-state index in [1.54, 1.807) is 11.8 Å². The van der Waals surface area contributed by atoms with Crippen LogP contribution in [0.3, 0.4) is 0 Å². The molecule has 0 aliphatic heterocycles. The lowest BCUT2D eigenvalue weighted by molar-refractivity contribution is 1.55. The quantitative estimate of drug-likeness (QED) is 0.145. The number of hydrogen-bond acceptors (Lipinski definition) is 10. The molecule has 0 bridgehead atoms. The van der Waals surface area contributed by atoms with Crippen molar-refractivity contribution in [3.63, 3.8) is 0 Å². The van der Waals surface area contributed by atoms with E-state index in [0.29, 0.717) is 3.91 Å². The molecular weight excluding hydrogens is 441 g/mol. The maximum Gasteiger partial charge on any atom is 0.0936 e. The highest BCUT2D eigenvalue weighted by Crippen LogP contribution is 2.28. The van der Waals surface area contributed by atoms with Crippen molar-refractivity contribution in [1.29, 1.82) is 0 Å². The van der Waals surface area contributed by atoms with E-state index in [4.69, 9.17) is 0 Å². The van der Waals surface area contributed by atoms with Gasteiger partial charge >= 0.3 is 0 Å². The molecule has 20 heavy (non-hydrogen) atoms. The smallest absolute Gasteiger partial charge is 0.0936 e. The molecule has 0 rings (SSSR count). The van der Waals surface area contributed by atoms with Crippen LogP contribution in [-0.2, 0) is 0 Å². The third-order valence-electron chi connectivity index (χ3n) is 1.67. The van der Waals surface area contributed by atoms with Gasteiger partial charge in [-0.15, -0.1) is 47.0 Å². The summed E-state index contributed by atoms with van der Waals surface area (Å²) in [5, 5.41) is 5.46. The summed E-state index contributed by atoms with van der Waals surface area (Å²) in [4.78, 5) is 0. The van der Waals surface area contributed by atoms with Gasteiger partial charge in [-0.05, 0) is 0 Å². The van der Waals surface area contributed by atoms with E-state index in [0.717, 1.165) is 10.2 Å². The Bertz CT molecular complexity index is 181. The van der Waals surface area contributed by atoms with Gasteiger partial charge in [0.15, 0.2) is 0 Å². The van der Waals surface area contributed by atoms with Crippen molar-refractivity contribution in [2.75, 3.05) is 48.4 Å². The molecule has 0 aromatic heterocycles. The fourth-order valence-corrected chi connectivity index (χ4v) is 10.2. The number of thiol groups is 3. The summed E-state index contributed by atoms with van der Waals surface area (Å²) in [6, 6.07) is 0. The second kappa shape index (κ2) is 20.5. The molecule has 0 heterocycles. The summed E-state index contributed by atoms with van der Waals surface area (Å²) in [7, 11) is 0. The predicted octanol–water partition coefficient (Wildman–Crippen LogP) is 5.98. The lowest BCUT2D eigenvalue weighted by Crippen LogP contribution is -1.91. The van der Waals surface area contributed by atoms with Crippen molar-refractivity contribution < 1.29 is 0 Å². The molecule has 0 aliphatic rings. The molecule has 0 aromatic rings. The van der Waals surface area contributed by atoms with E-state index in [-0.39, 0.29) is 0 Å². The molecule has 0 radical (unpaired) electrons. The number of hydrogen-bond donors (Lipinski definition) is 3. The van der Waals surface area contributed by atoms with Crippen molar-refractivity contribution in [3.8, 4) is 0 Å². The lowest BCUT2D eigenvalue weighted by Gasteiger charge is -2.07. The number of thioether (sulfide) groups is 7. The molecule has 0 aliphatic carbocycles. The molecule has 1 unspecified atom stereocenters. The fourth-order valence-electron chi connectivity index (χ4n) is 0.865. The van der Waals surface area contributed by atoms with Crippen LogP contribution in [0.25, 0.3) is 0 Å². The first-order valence-corrected chi connectivity index (χ1v) is 15.5.